The molecule has 17 heavy (non-hydrogen) atoms. The van der Waals surface area contributed by atoms with Crippen LogP contribution in [0.3, 0.4) is 0 Å². The summed E-state index contributed by atoms with van der Waals surface area (Å²) in [6.07, 6.45) is 3.91. The van der Waals surface area contributed by atoms with Crippen molar-refractivity contribution in [2.45, 2.75) is 25.3 Å². The first kappa shape index (κ1) is 12.1. The molecule has 1 aromatic rings. The third-order valence-corrected chi connectivity index (χ3v) is 3.95. The molecule has 5 heteroatoms. The van der Waals surface area contributed by atoms with Crippen LogP contribution in [0.2, 0.25) is 0 Å². The summed E-state index contributed by atoms with van der Waals surface area (Å²) in [5.74, 6) is 0.0588. The second kappa shape index (κ2) is 5.31. The summed E-state index contributed by atoms with van der Waals surface area (Å²) in [6.45, 7) is 0.882. The number of hydrogen-bond acceptors (Lipinski definition) is 4. The monoisotopic (exact) mass is 252 g/mol. The highest BCUT2D eigenvalue weighted by molar-refractivity contribution is 7.12. The molecule has 92 valence electrons. The molecular formula is C12H16N2O2S. The van der Waals surface area contributed by atoms with E-state index < -0.39 is 0 Å². The lowest BCUT2D eigenvalue weighted by atomic mass is 10.0. The zero-order valence-electron chi connectivity index (χ0n) is 9.81. The third kappa shape index (κ3) is 2.49. The van der Waals surface area contributed by atoms with Gasteiger partial charge in [-0.25, -0.2) is 0 Å². The van der Waals surface area contributed by atoms with Gasteiger partial charge in [0.25, 0.3) is 0 Å². The number of nitrogens with one attached hydrogen (secondary N) is 1. The van der Waals surface area contributed by atoms with E-state index in [2.05, 4.69) is 10.2 Å². The second-order valence-corrected chi connectivity index (χ2v) is 5.09. The van der Waals surface area contributed by atoms with E-state index in [0.717, 1.165) is 37.8 Å². The fraction of sp³-hybridized carbons (Fsp3) is 0.500. The highest BCUT2D eigenvalue weighted by Gasteiger charge is 2.28. The average molecular weight is 252 g/mol. The molecule has 1 saturated heterocycles. The van der Waals surface area contributed by atoms with E-state index in [-0.39, 0.29) is 11.9 Å². The minimum Gasteiger partial charge on any atom is -0.359 e. The molecule has 0 saturated carbocycles. The topological polar surface area (TPSA) is 49.4 Å². The molecule has 1 N–H and O–H groups in total. The number of likely N-dealkylation sites (N-methyl/N-ethyl adjacent to an activating group) is 1. The zero-order valence-corrected chi connectivity index (χ0v) is 10.6. The van der Waals surface area contributed by atoms with Crippen LogP contribution in [0.5, 0.6) is 0 Å². The molecule has 1 aliphatic heterocycles. The molecule has 0 aromatic carbocycles. The van der Waals surface area contributed by atoms with Crippen LogP contribution in [0, 0.1) is 0 Å². The number of amides is 1. The van der Waals surface area contributed by atoms with Crippen LogP contribution in [0.15, 0.2) is 11.4 Å². The minimum atomic E-state index is -0.0946. The Morgan fingerprint density at radius 2 is 2.41 bits per heavy atom. The molecule has 0 aliphatic carbocycles. The van der Waals surface area contributed by atoms with E-state index in [1.165, 1.54) is 11.3 Å². The maximum Gasteiger partial charge on any atom is 0.242 e. The van der Waals surface area contributed by atoms with Gasteiger partial charge in [-0.3, -0.25) is 9.59 Å². The highest BCUT2D eigenvalue weighted by Crippen LogP contribution is 2.28. The van der Waals surface area contributed by atoms with Crippen LogP contribution >= 0.6 is 11.3 Å². The van der Waals surface area contributed by atoms with Crippen molar-refractivity contribution >= 4 is 29.2 Å². The summed E-state index contributed by atoms with van der Waals surface area (Å²) in [4.78, 5) is 25.3. The molecule has 1 amide bonds. The quantitative estimate of drug-likeness (QED) is 0.832. The molecule has 1 fully saturated rings. The molecule has 1 unspecified atom stereocenters. The van der Waals surface area contributed by atoms with Crippen LogP contribution < -0.4 is 10.2 Å². The van der Waals surface area contributed by atoms with E-state index in [1.807, 2.05) is 11.4 Å². The SMILES string of the molecule is CNC(=O)C1CCCCN1c1csc(C=O)c1. The average Bonchev–Trinajstić information content (AvgIpc) is 2.86. The summed E-state index contributed by atoms with van der Waals surface area (Å²) in [6, 6.07) is 1.77. The standard InChI is InChI=1S/C12H16N2O2S/c1-13-12(16)11-4-2-3-5-14(11)9-6-10(7-15)17-8-9/h6-8,11H,2-5H2,1H3,(H,13,16). The van der Waals surface area contributed by atoms with Crippen molar-refractivity contribution < 1.29 is 9.59 Å². The van der Waals surface area contributed by atoms with E-state index in [4.69, 9.17) is 0 Å². The van der Waals surface area contributed by atoms with E-state index >= 15 is 0 Å². The summed E-state index contributed by atoms with van der Waals surface area (Å²) < 4.78 is 0. The molecule has 0 radical (unpaired) electrons. The number of piperidine rings is 1. The summed E-state index contributed by atoms with van der Waals surface area (Å²) in [5.41, 5.74) is 0.991. The van der Waals surface area contributed by atoms with Gasteiger partial charge in [0.1, 0.15) is 6.04 Å². The summed E-state index contributed by atoms with van der Waals surface area (Å²) in [7, 11) is 1.67. The van der Waals surface area contributed by atoms with Crippen molar-refractivity contribution in [3.8, 4) is 0 Å². The van der Waals surface area contributed by atoms with Crippen molar-refractivity contribution in [1.29, 1.82) is 0 Å². The Balaban J connectivity index is 2.20. The van der Waals surface area contributed by atoms with Crippen LogP contribution in [0.4, 0.5) is 5.69 Å². The zero-order chi connectivity index (χ0) is 12.3. The lowest BCUT2D eigenvalue weighted by Gasteiger charge is -2.35. The van der Waals surface area contributed by atoms with Gasteiger partial charge >= 0.3 is 0 Å². The van der Waals surface area contributed by atoms with Crippen LogP contribution in [0.25, 0.3) is 0 Å². The van der Waals surface area contributed by atoms with E-state index in [9.17, 15) is 9.59 Å². The first-order chi connectivity index (χ1) is 8.26. The Kier molecular flexibility index (Phi) is 3.78. The number of thiophene rings is 1. The van der Waals surface area contributed by atoms with Gasteiger partial charge in [0, 0.05) is 24.7 Å². The molecule has 1 aliphatic rings. The Morgan fingerprint density at radius 3 is 3.06 bits per heavy atom. The molecule has 0 spiro atoms. The van der Waals surface area contributed by atoms with Gasteiger partial charge in [0.2, 0.25) is 5.91 Å². The maximum atomic E-state index is 11.8. The van der Waals surface area contributed by atoms with Crippen LogP contribution in [-0.4, -0.2) is 31.8 Å². The number of rotatable bonds is 3. The Labute approximate surface area is 105 Å². The molecule has 2 heterocycles. The number of carbonyl (C=O) groups is 2. The number of nitrogens with zero attached hydrogens (tertiary/aromatic N) is 1. The van der Waals surface area contributed by atoms with Crippen molar-refractivity contribution in [2.75, 3.05) is 18.5 Å². The lowest BCUT2D eigenvalue weighted by Crippen LogP contribution is -2.48. The van der Waals surface area contributed by atoms with Gasteiger partial charge in [0.05, 0.1) is 4.88 Å². The number of aldehydes is 1. The summed E-state index contributed by atoms with van der Waals surface area (Å²) >= 11 is 1.42. The predicted octanol–water partition coefficient (Wildman–Crippen LogP) is 1.67. The number of anilines is 1. The van der Waals surface area contributed by atoms with Gasteiger partial charge in [-0.05, 0) is 25.3 Å². The molecule has 1 aromatic heterocycles. The Hall–Kier alpha value is -1.36. The Morgan fingerprint density at radius 1 is 1.59 bits per heavy atom. The molecule has 4 nitrogen and oxygen atoms in total. The maximum absolute atomic E-state index is 11.8. The van der Waals surface area contributed by atoms with Gasteiger partial charge < -0.3 is 10.2 Å². The summed E-state index contributed by atoms with van der Waals surface area (Å²) in [5, 5.41) is 4.66. The molecule has 2 rings (SSSR count). The first-order valence-electron chi connectivity index (χ1n) is 5.78. The van der Waals surface area contributed by atoms with Crippen molar-refractivity contribution in [1.82, 2.24) is 5.32 Å². The van der Waals surface area contributed by atoms with Gasteiger partial charge in [-0.15, -0.1) is 11.3 Å². The number of carbonyl (C=O) groups excluding carboxylic acids is 2. The van der Waals surface area contributed by atoms with E-state index in [1.54, 1.807) is 7.05 Å². The Bertz CT molecular complexity index is 416. The molecule has 1 atom stereocenters. The smallest absolute Gasteiger partial charge is 0.242 e. The molecule has 0 bridgehead atoms. The van der Waals surface area contributed by atoms with Gasteiger partial charge in [-0.1, -0.05) is 0 Å². The largest absolute Gasteiger partial charge is 0.359 e. The molecular weight excluding hydrogens is 236 g/mol. The fourth-order valence-electron chi connectivity index (χ4n) is 2.23. The lowest BCUT2D eigenvalue weighted by molar-refractivity contribution is -0.122. The van der Waals surface area contributed by atoms with E-state index in [0.29, 0.717) is 4.88 Å². The van der Waals surface area contributed by atoms with Crippen molar-refractivity contribution in [2.24, 2.45) is 0 Å². The fourth-order valence-corrected chi connectivity index (χ4v) is 2.94. The first-order valence-corrected chi connectivity index (χ1v) is 6.66. The van der Waals surface area contributed by atoms with Crippen molar-refractivity contribution in [3.63, 3.8) is 0 Å². The van der Waals surface area contributed by atoms with Crippen LogP contribution in [0.1, 0.15) is 28.9 Å². The van der Waals surface area contributed by atoms with Gasteiger partial charge in [-0.2, -0.15) is 0 Å². The normalized spacial score (nSPS) is 20.1. The van der Waals surface area contributed by atoms with Gasteiger partial charge in [0.15, 0.2) is 6.29 Å². The highest BCUT2D eigenvalue weighted by atomic mass is 32.1. The van der Waals surface area contributed by atoms with Crippen LogP contribution in [-0.2, 0) is 4.79 Å². The number of hydrogen-bond donors (Lipinski definition) is 1. The van der Waals surface area contributed by atoms with Crippen molar-refractivity contribution in [3.05, 3.63) is 16.3 Å². The third-order valence-electron chi connectivity index (χ3n) is 3.11. The second-order valence-electron chi connectivity index (χ2n) is 4.14. The minimum absolute atomic E-state index is 0.0588. The predicted molar refractivity (Wildman–Crippen MR) is 68.8 cm³/mol.